The van der Waals surface area contributed by atoms with Crippen LogP contribution in [0.15, 0.2) is 24.3 Å². The number of carbonyl (C=O) groups is 1. The molecule has 6 nitrogen and oxygen atoms in total. The highest BCUT2D eigenvalue weighted by molar-refractivity contribution is 5.66. The number of ether oxygens (including phenoxy) is 5. The summed E-state index contributed by atoms with van der Waals surface area (Å²) in [6.07, 6.45) is -0.632. The van der Waals surface area contributed by atoms with Gasteiger partial charge in [0.2, 0.25) is 0 Å². The third kappa shape index (κ3) is 3.43. The summed E-state index contributed by atoms with van der Waals surface area (Å²) in [4.78, 5) is 11.3. The summed E-state index contributed by atoms with van der Waals surface area (Å²) in [7, 11) is 1.62. The van der Waals surface area contributed by atoms with E-state index < -0.39 is 5.79 Å². The van der Waals surface area contributed by atoms with Gasteiger partial charge in [0.15, 0.2) is 5.79 Å². The lowest BCUT2D eigenvalue weighted by Gasteiger charge is -2.24. The van der Waals surface area contributed by atoms with Gasteiger partial charge in [-0.25, -0.2) is 0 Å². The van der Waals surface area contributed by atoms with Crippen LogP contribution in [0.3, 0.4) is 0 Å². The largest absolute Gasteiger partial charge is 0.497 e. The van der Waals surface area contributed by atoms with Crippen LogP contribution in [0.1, 0.15) is 27.2 Å². The maximum Gasteiger partial charge on any atom is 0.302 e. The minimum absolute atomic E-state index is 0.237. The highest BCUT2D eigenvalue weighted by Crippen LogP contribution is 2.41. The van der Waals surface area contributed by atoms with Gasteiger partial charge in [-0.1, -0.05) is 0 Å². The molecular weight excluding hydrogens is 300 g/mol. The molecule has 0 amide bonds. The van der Waals surface area contributed by atoms with Crippen molar-refractivity contribution in [3.63, 3.8) is 0 Å². The van der Waals surface area contributed by atoms with Gasteiger partial charge in [-0.2, -0.15) is 0 Å². The van der Waals surface area contributed by atoms with Crippen molar-refractivity contribution < 1.29 is 28.5 Å². The van der Waals surface area contributed by atoms with Gasteiger partial charge in [-0.05, 0) is 38.1 Å². The topological polar surface area (TPSA) is 63.2 Å². The highest BCUT2D eigenvalue weighted by Gasteiger charge is 2.56. The Bertz CT molecular complexity index is 567. The van der Waals surface area contributed by atoms with E-state index in [2.05, 4.69) is 0 Å². The van der Waals surface area contributed by atoms with Crippen molar-refractivity contribution in [2.45, 2.75) is 57.4 Å². The van der Waals surface area contributed by atoms with Crippen LogP contribution in [0.4, 0.5) is 0 Å². The number of hydrogen-bond donors (Lipinski definition) is 0. The Morgan fingerprint density at radius 1 is 1.09 bits per heavy atom. The molecule has 1 aliphatic heterocycles. The number of carbonyl (C=O) groups excluding carboxylic acids is 1. The fraction of sp³-hybridized carbons (Fsp3) is 0.588. The van der Waals surface area contributed by atoms with E-state index in [1.807, 2.05) is 38.1 Å². The lowest BCUT2D eigenvalue weighted by molar-refractivity contribution is -0.179. The van der Waals surface area contributed by atoms with Gasteiger partial charge in [0.1, 0.15) is 35.9 Å². The molecule has 0 spiro atoms. The maximum atomic E-state index is 11.3. The van der Waals surface area contributed by atoms with Crippen molar-refractivity contribution >= 4 is 5.97 Å². The summed E-state index contributed by atoms with van der Waals surface area (Å²) in [6, 6.07) is 7.35. The summed E-state index contributed by atoms with van der Waals surface area (Å²) >= 11 is 0. The minimum atomic E-state index is -0.713. The molecule has 1 heterocycles. The average Bonchev–Trinajstić information content (AvgIpc) is 2.95. The summed E-state index contributed by atoms with van der Waals surface area (Å²) in [5.74, 6) is 0.440. The molecule has 1 aromatic rings. The Morgan fingerprint density at radius 3 is 2.22 bits per heavy atom. The molecule has 0 aromatic heterocycles. The Labute approximate surface area is 135 Å². The van der Waals surface area contributed by atoms with Crippen LogP contribution in [0, 0.1) is 0 Å². The first kappa shape index (κ1) is 16.1. The van der Waals surface area contributed by atoms with Crippen molar-refractivity contribution in [2.75, 3.05) is 7.11 Å². The zero-order chi connectivity index (χ0) is 16.6. The fourth-order valence-corrected chi connectivity index (χ4v) is 3.16. The van der Waals surface area contributed by atoms with E-state index >= 15 is 0 Å². The molecule has 23 heavy (non-hydrogen) atoms. The molecule has 6 heteroatoms. The smallest absolute Gasteiger partial charge is 0.302 e. The summed E-state index contributed by atoms with van der Waals surface area (Å²) in [5, 5.41) is 0. The molecule has 1 aromatic carbocycles. The number of methoxy groups -OCH3 is 1. The first-order valence-corrected chi connectivity index (χ1v) is 7.71. The molecular formula is C17H22O6. The van der Waals surface area contributed by atoms with Crippen LogP contribution < -0.4 is 9.47 Å². The monoisotopic (exact) mass is 322 g/mol. The molecule has 2 fully saturated rings. The van der Waals surface area contributed by atoms with E-state index in [4.69, 9.17) is 23.7 Å². The van der Waals surface area contributed by atoms with Crippen LogP contribution in [-0.4, -0.2) is 43.3 Å². The third-order valence-electron chi connectivity index (χ3n) is 4.03. The van der Waals surface area contributed by atoms with Crippen LogP contribution in [-0.2, 0) is 19.0 Å². The Kier molecular flexibility index (Phi) is 4.21. The number of esters is 1. The normalized spacial score (nSPS) is 31.5. The second-order valence-electron chi connectivity index (χ2n) is 6.28. The first-order chi connectivity index (χ1) is 10.9. The minimum Gasteiger partial charge on any atom is -0.497 e. The second-order valence-corrected chi connectivity index (χ2v) is 6.28. The van der Waals surface area contributed by atoms with E-state index in [9.17, 15) is 4.79 Å². The van der Waals surface area contributed by atoms with Gasteiger partial charge in [-0.15, -0.1) is 0 Å². The number of hydrogen-bond acceptors (Lipinski definition) is 6. The molecule has 3 rings (SSSR count). The molecule has 1 saturated carbocycles. The highest BCUT2D eigenvalue weighted by atomic mass is 16.8. The third-order valence-corrected chi connectivity index (χ3v) is 4.03. The molecule has 1 aliphatic carbocycles. The van der Waals surface area contributed by atoms with Crippen molar-refractivity contribution in [1.82, 2.24) is 0 Å². The first-order valence-electron chi connectivity index (χ1n) is 7.71. The average molecular weight is 322 g/mol. The Balaban J connectivity index is 1.74. The molecule has 0 N–H and O–H groups in total. The van der Waals surface area contributed by atoms with Gasteiger partial charge in [-0.3, -0.25) is 4.79 Å². The van der Waals surface area contributed by atoms with E-state index in [-0.39, 0.29) is 30.4 Å². The fourth-order valence-electron chi connectivity index (χ4n) is 3.16. The molecule has 0 bridgehead atoms. The van der Waals surface area contributed by atoms with E-state index in [1.165, 1.54) is 6.92 Å². The van der Waals surface area contributed by atoms with Gasteiger partial charge in [0.05, 0.1) is 7.11 Å². The lowest BCUT2D eigenvalue weighted by Crippen LogP contribution is -2.33. The van der Waals surface area contributed by atoms with Crippen molar-refractivity contribution in [2.24, 2.45) is 0 Å². The standard InChI is InChI=1S/C17H22O6/c1-10(18)20-13-9-14(16-15(13)22-17(2,3)23-16)21-12-7-5-11(19-4)6-8-12/h5-8,13-16H,9H2,1-4H3/t13-,14+,15+,16-/m0/s1. The zero-order valence-electron chi connectivity index (χ0n) is 13.8. The molecule has 4 atom stereocenters. The Hall–Kier alpha value is -1.79. The van der Waals surface area contributed by atoms with Gasteiger partial charge in [0.25, 0.3) is 0 Å². The molecule has 0 radical (unpaired) electrons. The SMILES string of the molecule is COc1ccc(O[C@@H]2C[C@H](OC(C)=O)[C@H]3OC(C)(C)O[C@H]32)cc1. The zero-order valence-corrected chi connectivity index (χ0v) is 13.8. The molecule has 126 valence electrons. The Morgan fingerprint density at radius 2 is 1.65 bits per heavy atom. The van der Waals surface area contributed by atoms with E-state index in [1.54, 1.807) is 7.11 Å². The van der Waals surface area contributed by atoms with Gasteiger partial charge < -0.3 is 23.7 Å². The lowest BCUT2D eigenvalue weighted by atomic mass is 10.2. The predicted molar refractivity (Wildman–Crippen MR) is 81.4 cm³/mol. The van der Waals surface area contributed by atoms with Crippen molar-refractivity contribution in [1.29, 1.82) is 0 Å². The molecule has 2 aliphatic rings. The summed E-state index contributed by atoms with van der Waals surface area (Å²) < 4.78 is 28.4. The summed E-state index contributed by atoms with van der Waals surface area (Å²) in [5.41, 5.74) is 0. The second kappa shape index (κ2) is 6.02. The maximum absolute atomic E-state index is 11.3. The van der Waals surface area contributed by atoms with Crippen molar-refractivity contribution in [3.8, 4) is 11.5 Å². The van der Waals surface area contributed by atoms with Crippen LogP contribution in [0.2, 0.25) is 0 Å². The van der Waals surface area contributed by atoms with Crippen LogP contribution in [0.25, 0.3) is 0 Å². The van der Waals surface area contributed by atoms with Crippen LogP contribution >= 0.6 is 0 Å². The molecule has 1 saturated heterocycles. The van der Waals surface area contributed by atoms with Gasteiger partial charge in [0, 0.05) is 13.3 Å². The van der Waals surface area contributed by atoms with Gasteiger partial charge >= 0.3 is 5.97 Å². The quantitative estimate of drug-likeness (QED) is 0.793. The van der Waals surface area contributed by atoms with Crippen LogP contribution in [0.5, 0.6) is 11.5 Å². The van der Waals surface area contributed by atoms with E-state index in [0.717, 1.165) is 5.75 Å². The van der Waals surface area contributed by atoms with E-state index in [0.29, 0.717) is 12.2 Å². The summed E-state index contributed by atoms with van der Waals surface area (Å²) in [6.45, 7) is 5.09. The van der Waals surface area contributed by atoms with Crippen molar-refractivity contribution in [3.05, 3.63) is 24.3 Å². The number of benzene rings is 1. The number of fused-ring (bicyclic) bond motifs is 1. The number of rotatable bonds is 4. The molecule has 0 unspecified atom stereocenters. The predicted octanol–water partition coefficient (Wildman–Crippen LogP) is 2.30.